The SMILES string of the molecule is CN(C)[C@H](C(=O)NCc1cnc(-c2ccccc2)s1)c1ccccc1F. The minimum absolute atomic E-state index is 0.241. The van der Waals surface area contributed by atoms with Gasteiger partial charge in [0.15, 0.2) is 0 Å². The molecule has 3 aromatic rings. The van der Waals surface area contributed by atoms with E-state index in [1.165, 1.54) is 17.4 Å². The molecular weight excluding hydrogens is 349 g/mol. The minimum Gasteiger partial charge on any atom is -0.349 e. The Kier molecular flexibility index (Phi) is 5.75. The number of halogens is 1. The molecule has 2 aromatic carbocycles. The summed E-state index contributed by atoms with van der Waals surface area (Å²) in [6, 6.07) is 15.6. The number of benzene rings is 2. The van der Waals surface area contributed by atoms with Gasteiger partial charge in [-0.15, -0.1) is 11.3 Å². The smallest absolute Gasteiger partial charge is 0.242 e. The van der Waals surface area contributed by atoms with Crippen LogP contribution in [0.1, 0.15) is 16.5 Å². The van der Waals surface area contributed by atoms with Crippen molar-refractivity contribution in [3.05, 3.63) is 77.1 Å². The first-order chi connectivity index (χ1) is 12.6. The molecule has 0 aliphatic rings. The van der Waals surface area contributed by atoms with Gasteiger partial charge in [-0.25, -0.2) is 9.37 Å². The van der Waals surface area contributed by atoms with Gasteiger partial charge in [-0.2, -0.15) is 0 Å². The van der Waals surface area contributed by atoms with Crippen molar-refractivity contribution in [2.75, 3.05) is 14.1 Å². The van der Waals surface area contributed by atoms with Crippen LogP contribution >= 0.6 is 11.3 Å². The maximum Gasteiger partial charge on any atom is 0.242 e. The zero-order chi connectivity index (χ0) is 18.5. The normalized spacial score (nSPS) is 12.2. The Morgan fingerprint density at radius 1 is 1.15 bits per heavy atom. The predicted octanol–water partition coefficient (Wildman–Crippen LogP) is 3.87. The van der Waals surface area contributed by atoms with E-state index in [-0.39, 0.29) is 11.7 Å². The molecule has 26 heavy (non-hydrogen) atoms. The van der Waals surface area contributed by atoms with Gasteiger partial charge in [0, 0.05) is 22.2 Å². The molecule has 1 atom stereocenters. The molecule has 0 bridgehead atoms. The van der Waals surface area contributed by atoms with E-state index in [4.69, 9.17) is 0 Å². The first kappa shape index (κ1) is 18.2. The molecule has 4 nitrogen and oxygen atoms in total. The molecule has 134 valence electrons. The van der Waals surface area contributed by atoms with Gasteiger partial charge in [0.25, 0.3) is 0 Å². The fourth-order valence-electron chi connectivity index (χ4n) is 2.73. The summed E-state index contributed by atoms with van der Waals surface area (Å²) >= 11 is 1.53. The van der Waals surface area contributed by atoms with Crippen LogP contribution in [0, 0.1) is 5.82 Å². The van der Waals surface area contributed by atoms with E-state index in [1.807, 2.05) is 30.3 Å². The van der Waals surface area contributed by atoms with Crippen LogP contribution in [-0.4, -0.2) is 29.9 Å². The molecule has 0 aliphatic carbocycles. The molecule has 3 rings (SSSR count). The van der Waals surface area contributed by atoms with Crippen molar-refractivity contribution < 1.29 is 9.18 Å². The second-order valence-electron chi connectivity index (χ2n) is 6.10. The van der Waals surface area contributed by atoms with Crippen molar-refractivity contribution in [3.8, 4) is 10.6 Å². The number of thiazole rings is 1. The van der Waals surface area contributed by atoms with Gasteiger partial charge in [0.1, 0.15) is 16.9 Å². The molecule has 1 heterocycles. The Balaban J connectivity index is 1.70. The lowest BCUT2D eigenvalue weighted by molar-refractivity contribution is -0.126. The molecule has 0 saturated carbocycles. The number of nitrogens with one attached hydrogen (secondary N) is 1. The van der Waals surface area contributed by atoms with Crippen LogP contribution in [0.15, 0.2) is 60.8 Å². The summed E-state index contributed by atoms with van der Waals surface area (Å²) in [5.74, 6) is -0.625. The molecule has 1 amide bonds. The van der Waals surface area contributed by atoms with E-state index < -0.39 is 6.04 Å². The lowest BCUT2D eigenvalue weighted by atomic mass is 10.0. The number of nitrogens with zero attached hydrogens (tertiary/aromatic N) is 2. The number of hydrogen-bond acceptors (Lipinski definition) is 4. The number of likely N-dealkylation sites (N-methyl/N-ethyl adjacent to an activating group) is 1. The van der Waals surface area contributed by atoms with E-state index in [0.717, 1.165) is 15.4 Å². The minimum atomic E-state index is -0.683. The molecular formula is C20H20FN3OS. The molecule has 0 radical (unpaired) electrons. The Morgan fingerprint density at radius 2 is 1.85 bits per heavy atom. The van der Waals surface area contributed by atoms with Gasteiger partial charge in [-0.3, -0.25) is 9.69 Å². The predicted molar refractivity (Wildman–Crippen MR) is 102 cm³/mol. The first-order valence-electron chi connectivity index (χ1n) is 8.25. The molecule has 1 N–H and O–H groups in total. The third-order valence-electron chi connectivity index (χ3n) is 3.98. The highest BCUT2D eigenvalue weighted by Crippen LogP contribution is 2.25. The molecule has 0 aliphatic heterocycles. The summed E-state index contributed by atoms with van der Waals surface area (Å²) in [5, 5.41) is 3.80. The Hall–Kier alpha value is -2.57. The van der Waals surface area contributed by atoms with Gasteiger partial charge in [0.05, 0.1) is 6.54 Å². The second-order valence-corrected chi connectivity index (χ2v) is 7.22. The number of carbonyl (C=O) groups excluding carboxylic acids is 1. The van der Waals surface area contributed by atoms with Crippen LogP contribution in [0.4, 0.5) is 4.39 Å². The van der Waals surface area contributed by atoms with Crippen molar-refractivity contribution in [2.45, 2.75) is 12.6 Å². The van der Waals surface area contributed by atoms with E-state index >= 15 is 0 Å². The third-order valence-corrected chi connectivity index (χ3v) is 5.02. The maximum atomic E-state index is 14.1. The van der Waals surface area contributed by atoms with Crippen LogP contribution in [0.25, 0.3) is 10.6 Å². The number of rotatable bonds is 6. The first-order valence-corrected chi connectivity index (χ1v) is 9.06. The highest BCUT2D eigenvalue weighted by atomic mass is 32.1. The molecule has 0 fully saturated rings. The Bertz CT molecular complexity index is 880. The Labute approximate surface area is 156 Å². The fourth-order valence-corrected chi connectivity index (χ4v) is 3.58. The molecule has 1 aromatic heterocycles. The van der Waals surface area contributed by atoms with Crippen molar-refractivity contribution in [2.24, 2.45) is 0 Å². The summed E-state index contributed by atoms with van der Waals surface area (Å²) in [5.41, 5.74) is 1.41. The van der Waals surface area contributed by atoms with Crippen LogP contribution < -0.4 is 5.32 Å². The summed E-state index contributed by atoms with van der Waals surface area (Å²) in [6.07, 6.45) is 1.76. The van der Waals surface area contributed by atoms with Crippen molar-refractivity contribution in [3.63, 3.8) is 0 Å². The average molecular weight is 369 g/mol. The number of hydrogen-bond donors (Lipinski definition) is 1. The van der Waals surface area contributed by atoms with Gasteiger partial charge in [-0.1, -0.05) is 48.5 Å². The standard InChI is InChI=1S/C20H20FN3OS/c1-24(2)18(16-10-6-7-11-17(16)21)19(25)22-12-15-13-23-20(26-15)14-8-4-3-5-9-14/h3-11,13,18H,12H2,1-2H3,(H,22,25)/t18-/m0/s1. The van der Waals surface area contributed by atoms with E-state index in [0.29, 0.717) is 12.1 Å². The average Bonchev–Trinajstić information content (AvgIpc) is 3.11. The van der Waals surface area contributed by atoms with Crippen LogP contribution in [0.2, 0.25) is 0 Å². The monoisotopic (exact) mass is 369 g/mol. The highest BCUT2D eigenvalue weighted by molar-refractivity contribution is 7.15. The zero-order valence-corrected chi connectivity index (χ0v) is 15.5. The summed E-state index contributed by atoms with van der Waals surface area (Å²) in [4.78, 5) is 19.7. The highest BCUT2D eigenvalue weighted by Gasteiger charge is 2.25. The lowest BCUT2D eigenvalue weighted by Gasteiger charge is -2.24. The molecule has 0 saturated heterocycles. The number of aromatic nitrogens is 1. The molecule has 0 spiro atoms. The molecule has 6 heteroatoms. The quantitative estimate of drug-likeness (QED) is 0.717. The maximum absolute atomic E-state index is 14.1. The summed E-state index contributed by atoms with van der Waals surface area (Å²) in [6.45, 7) is 0.363. The van der Waals surface area contributed by atoms with Crippen LogP contribution in [0.5, 0.6) is 0 Å². The van der Waals surface area contributed by atoms with Gasteiger partial charge in [0.2, 0.25) is 5.91 Å². The Morgan fingerprint density at radius 3 is 2.54 bits per heavy atom. The van der Waals surface area contributed by atoms with Crippen molar-refractivity contribution >= 4 is 17.2 Å². The van der Waals surface area contributed by atoms with E-state index in [9.17, 15) is 9.18 Å². The third kappa shape index (κ3) is 4.15. The number of amides is 1. The van der Waals surface area contributed by atoms with E-state index in [2.05, 4.69) is 10.3 Å². The van der Waals surface area contributed by atoms with Gasteiger partial charge in [-0.05, 0) is 20.2 Å². The van der Waals surface area contributed by atoms with E-state index in [1.54, 1.807) is 43.4 Å². The second kappa shape index (κ2) is 8.21. The fraction of sp³-hybridized carbons (Fsp3) is 0.200. The topological polar surface area (TPSA) is 45.2 Å². The largest absolute Gasteiger partial charge is 0.349 e. The van der Waals surface area contributed by atoms with Crippen molar-refractivity contribution in [1.82, 2.24) is 15.2 Å². The number of carbonyl (C=O) groups is 1. The van der Waals surface area contributed by atoms with Gasteiger partial charge >= 0.3 is 0 Å². The van der Waals surface area contributed by atoms with Gasteiger partial charge < -0.3 is 5.32 Å². The van der Waals surface area contributed by atoms with Crippen molar-refractivity contribution in [1.29, 1.82) is 0 Å². The zero-order valence-electron chi connectivity index (χ0n) is 14.6. The summed E-state index contributed by atoms with van der Waals surface area (Å²) < 4.78 is 14.1. The summed E-state index contributed by atoms with van der Waals surface area (Å²) in [7, 11) is 3.52. The van der Waals surface area contributed by atoms with Crippen LogP contribution in [0.3, 0.4) is 0 Å². The molecule has 0 unspecified atom stereocenters. The van der Waals surface area contributed by atoms with Crippen LogP contribution in [-0.2, 0) is 11.3 Å². The lowest BCUT2D eigenvalue weighted by Crippen LogP contribution is -2.37.